The molecule has 0 radical (unpaired) electrons. The van der Waals surface area contributed by atoms with Crippen LogP contribution in [0.3, 0.4) is 0 Å². The van der Waals surface area contributed by atoms with Crippen LogP contribution >= 0.6 is 34.2 Å². The van der Waals surface area contributed by atoms with Gasteiger partial charge in [-0.2, -0.15) is 0 Å². The van der Waals surface area contributed by atoms with Gasteiger partial charge in [-0.15, -0.1) is 0 Å². The molecule has 0 heterocycles. The quantitative estimate of drug-likeness (QED) is 0.305. The zero-order chi connectivity index (χ0) is 20.6. The number of hydrogen-bond donors (Lipinski definition) is 1. The molecule has 0 spiro atoms. The number of aryl methyl sites for hydroxylation is 1. The van der Waals surface area contributed by atoms with E-state index in [2.05, 4.69) is 71.2 Å². The van der Waals surface area contributed by atoms with Gasteiger partial charge in [-0.05, 0) is 83.0 Å². The minimum absolute atomic E-state index is 0.443. The Labute approximate surface area is 191 Å². The number of hydrogen-bond acceptors (Lipinski definition) is 3. The highest BCUT2D eigenvalue weighted by Crippen LogP contribution is 2.35. The van der Waals surface area contributed by atoms with Gasteiger partial charge in [-0.25, -0.2) is 0 Å². The molecule has 29 heavy (non-hydrogen) atoms. The summed E-state index contributed by atoms with van der Waals surface area (Å²) >= 11 is 8.39. The first-order valence-corrected chi connectivity index (χ1v) is 11.2. The number of ether oxygens (including phenoxy) is 2. The summed E-state index contributed by atoms with van der Waals surface area (Å²) in [4.78, 5) is 0. The molecule has 0 saturated heterocycles. The van der Waals surface area contributed by atoms with Gasteiger partial charge in [0.25, 0.3) is 0 Å². The molecule has 0 aliphatic carbocycles. The lowest BCUT2D eigenvalue weighted by Crippen LogP contribution is -2.05. The highest BCUT2D eigenvalue weighted by Gasteiger charge is 2.13. The fourth-order valence-corrected chi connectivity index (χ4v) is 4.14. The van der Waals surface area contributed by atoms with E-state index in [0.29, 0.717) is 18.2 Å². The molecule has 0 aliphatic rings. The summed E-state index contributed by atoms with van der Waals surface area (Å²) in [5.74, 6) is 1.53. The molecule has 0 saturated carbocycles. The number of rotatable bonds is 9. The highest BCUT2D eigenvalue weighted by molar-refractivity contribution is 14.1. The van der Waals surface area contributed by atoms with Crippen molar-refractivity contribution >= 4 is 39.9 Å². The Morgan fingerprint density at radius 1 is 0.931 bits per heavy atom. The van der Waals surface area contributed by atoms with Crippen molar-refractivity contribution in [2.75, 3.05) is 11.9 Å². The summed E-state index contributed by atoms with van der Waals surface area (Å²) in [7, 11) is 0. The van der Waals surface area contributed by atoms with Crippen LogP contribution < -0.4 is 14.8 Å². The van der Waals surface area contributed by atoms with E-state index in [1.165, 1.54) is 11.3 Å². The molecular weight excluding hydrogens is 497 g/mol. The third-order valence-corrected chi connectivity index (χ3v) is 5.56. The predicted octanol–water partition coefficient (Wildman–Crippen LogP) is 7.10. The third-order valence-electron chi connectivity index (χ3n) is 4.52. The summed E-state index contributed by atoms with van der Waals surface area (Å²) < 4.78 is 13.0. The molecule has 0 amide bonds. The van der Waals surface area contributed by atoms with Crippen molar-refractivity contribution in [2.45, 2.75) is 33.4 Å². The average molecular weight is 522 g/mol. The number of benzene rings is 3. The Morgan fingerprint density at radius 3 is 2.52 bits per heavy atom. The number of nitrogens with one attached hydrogen (secondary N) is 1. The SMILES string of the molecule is CCOc1cc(CNc2ccccc2CC)cc(I)c1OCc1cccc(Cl)c1. The lowest BCUT2D eigenvalue weighted by molar-refractivity contribution is 0.267. The molecule has 1 N–H and O–H groups in total. The van der Waals surface area contributed by atoms with Gasteiger partial charge >= 0.3 is 0 Å². The monoisotopic (exact) mass is 521 g/mol. The molecule has 0 aromatic heterocycles. The van der Waals surface area contributed by atoms with Crippen LogP contribution in [0.2, 0.25) is 5.02 Å². The third kappa shape index (κ3) is 6.03. The van der Waals surface area contributed by atoms with E-state index in [4.69, 9.17) is 21.1 Å². The fraction of sp³-hybridized carbons (Fsp3) is 0.250. The van der Waals surface area contributed by atoms with Gasteiger partial charge < -0.3 is 14.8 Å². The first-order valence-electron chi connectivity index (χ1n) is 9.75. The van der Waals surface area contributed by atoms with E-state index < -0.39 is 0 Å². The van der Waals surface area contributed by atoms with Crippen LogP contribution in [0.15, 0.2) is 60.7 Å². The smallest absolute Gasteiger partial charge is 0.174 e. The number of para-hydroxylation sites is 1. The summed E-state index contributed by atoms with van der Waals surface area (Å²) in [6.07, 6.45) is 1.00. The number of halogens is 2. The molecule has 0 fully saturated rings. The van der Waals surface area contributed by atoms with Crippen molar-refractivity contribution < 1.29 is 9.47 Å². The zero-order valence-corrected chi connectivity index (χ0v) is 19.6. The van der Waals surface area contributed by atoms with Crippen molar-refractivity contribution in [3.05, 3.63) is 85.9 Å². The van der Waals surface area contributed by atoms with Gasteiger partial charge in [0.1, 0.15) is 6.61 Å². The molecule has 3 rings (SSSR count). The second kappa shape index (κ2) is 10.7. The van der Waals surface area contributed by atoms with Crippen LogP contribution in [-0.2, 0) is 19.6 Å². The number of anilines is 1. The maximum atomic E-state index is 6.10. The van der Waals surface area contributed by atoms with Crippen LogP contribution in [0.5, 0.6) is 11.5 Å². The van der Waals surface area contributed by atoms with Crippen LogP contribution in [0.25, 0.3) is 0 Å². The Bertz CT molecular complexity index is 961. The molecular formula is C24H25ClINO2. The van der Waals surface area contributed by atoms with Crippen LogP contribution in [0, 0.1) is 3.57 Å². The van der Waals surface area contributed by atoms with Crippen molar-refractivity contribution in [3.63, 3.8) is 0 Å². The van der Waals surface area contributed by atoms with E-state index in [1.807, 2.05) is 31.2 Å². The topological polar surface area (TPSA) is 30.5 Å². The lowest BCUT2D eigenvalue weighted by Gasteiger charge is -2.17. The van der Waals surface area contributed by atoms with Gasteiger partial charge in [-0.3, -0.25) is 0 Å². The summed E-state index contributed by atoms with van der Waals surface area (Å²) in [6, 6.07) is 20.3. The molecule has 5 heteroatoms. The van der Waals surface area contributed by atoms with Gasteiger partial charge in [0, 0.05) is 17.3 Å². The van der Waals surface area contributed by atoms with Crippen LogP contribution in [0.1, 0.15) is 30.5 Å². The lowest BCUT2D eigenvalue weighted by atomic mass is 10.1. The maximum Gasteiger partial charge on any atom is 0.174 e. The van der Waals surface area contributed by atoms with Crippen LogP contribution in [0.4, 0.5) is 5.69 Å². The molecule has 0 aliphatic heterocycles. The summed E-state index contributed by atoms with van der Waals surface area (Å²) in [6.45, 7) is 5.90. The molecule has 3 aromatic rings. The van der Waals surface area contributed by atoms with E-state index in [0.717, 1.165) is 39.2 Å². The van der Waals surface area contributed by atoms with Gasteiger partial charge in [0.05, 0.1) is 10.2 Å². The fourth-order valence-electron chi connectivity index (χ4n) is 3.11. The maximum absolute atomic E-state index is 6.10. The molecule has 0 atom stereocenters. The Kier molecular flexibility index (Phi) is 8.07. The largest absolute Gasteiger partial charge is 0.490 e. The average Bonchev–Trinajstić information content (AvgIpc) is 2.72. The first kappa shape index (κ1) is 21.8. The van der Waals surface area contributed by atoms with E-state index in [1.54, 1.807) is 0 Å². The molecule has 0 unspecified atom stereocenters. The van der Waals surface area contributed by atoms with Crippen molar-refractivity contribution in [2.24, 2.45) is 0 Å². The van der Waals surface area contributed by atoms with E-state index >= 15 is 0 Å². The Morgan fingerprint density at radius 2 is 1.76 bits per heavy atom. The Hall–Kier alpha value is -1.92. The second-order valence-electron chi connectivity index (χ2n) is 6.62. The van der Waals surface area contributed by atoms with E-state index in [9.17, 15) is 0 Å². The summed E-state index contributed by atoms with van der Waals surface area (Å²) in [5.41, 5.74) is 4.66. The second-order valence-corrected chi connectivity index (χ2v) is 8.22. The minimum Gasteiger partial charge on any atom is -0.490 e. The predicted molar refractivity (Wildman–Crippen MR) is 129 cm³/mol. The highest BCUT2D eigenvalue weighted by atomic mass is 127. The van der Waals surface area contributed by atoms with Crippen molar-refractivity contribution in [1.82, 2.24) is 0 Å². The molecule has 3 aromatic carbocycles. The van der Waals surface area contributed by atoms with Gasteiger partial charge in [0.15, 0.2) is 11.5 Å². The minimum atomic E-state index is 0.443. The van der Waals surface area contributed by atoms with Crippen molar-refractivity contribution in [3.8, 4) is 11.5 Å². The Balaban J connectivity index is 1.76. The van der Waals surface area contributed by atoms with Crippen LogP contribution in [-0.4, -0.2) is 6.61 Å². The molecule has 152 valence electrons. The first-order chi connectivity index (χ1) is 14.1. The van der Waals surface area contributed by atoms with Gasteiger partial charge in [-0.1, -0.05) is 48.9 Å². The standard InChI is InChI=1S/C24H25ClINO2/c1-3-19-9-5-6-11-22(19)27-15-18-13-21(26)24(23(14-18)28-4-2)29-16-17-8-7-10-20(25)12-17/h5-14,27H,3-4,15-16H2,1-2H3. The normalized spacial score (nSPS) is 10.6. The van der Waals surface area contributed by atoms with Gasteiger partial charge in [0.2, 0.25) is 0 Å². The molecule has 0 bridgehead atoms. The van der Waals surface area contributed by atoms with E-state index in [-0.39, 0.29) is 0 Å². The van der Waals surface area contributed by atoms with Crippen molar-refractivity contribution in [1.29, 1.82) is 0 Å². The summed E-state index contributed by atoms with van der Waals surface area (Å²) in [5, 5.41) is 4.25. The molecule has 3 nitrogen and oxygen atoms in total. The zero-order valence-electron chi connectivity index (χ0n) is 16.7.